The molecule has 0 amide bonds. The molecule has 1 N–H and O–H groups in total. The maximum absolute atomic E-state index is 13.0. The predicted octanol–water partition coefficient (Wildman–Crippen LogP) is 11.5. The number of aliphatic hydroxyl groups is 1. The van der Waals surface area contributed by atoms with Gasteiger partial charge in [0.15, 0.2) is 12.6 Å². The number of nitrogens with zero attached hydrogens (tertiary/aromatic N) is 12. The van der Waals surface area contributed by atoms with Gasteiger partial charge < -0.3 is 52.5 Å². The maximum atomic E-state index is 13.0. The van der Waals surface area contributed by atoms with Gasteiger partial charge in [-0.25, -0.2) is 0 Å². The Labute approximate surface area is 479 Å². The van der Waals surface area contributed by atoms with E-state index in [0.717, 1.165) is 33.4 Å². The Hall–Kier alpha value is -7.88. The highest BCUT2D eigenvalue weighted by Crippen LogP contribution is 2.39. The van der Waals surface area contributed by atoms with Crippen molar-refractivity contribution >= 4 is 0 Å². The van der Waals surface area contributed by atoms with Gasteiger partial charge in [-0.3, -0.25) is 0 Å². The number of aliphatic hydroxyl groups excluding tert-OH is 1. The first kappa shape index (κ1) is 59.7. The summed E-state index contributed by atoms with van der Waals surface area (Å²) in [5, 5.41) is 29.0. The Morgan fingerprint density at radius 2 is 0.627 bits per heavy atom. The molecule has 3 aliphatic rings. The molecular formula is C60H64N12O11. The van der Waals surface area contributed by atoms with E-state index in [9.17, 15) is 27.2 Å². The second-order valence-electron chi connectivity index (χ2n) is 20.0. The quantitative estimate of drug-likeness (QED) is 0.0273. The van der Waals surface area contributed by atoms with Crippen molar-refractivity contribution in [2.75, 3.05) is 13.1 Å². The maximum Gasteiger partial charge on any atom is 0.187 e. The number of rotatable bonds is 28. The zero-order chi connectivity index (χ0) is 57.4. The summed E-state index contributed by atoms with van der Waals surface area (Å²) in [7, 11) is 0. The van der Waals surface area contributed by atoms with Crippen LogP contribution in [-0.2, 0) is 87.0 Å². The Balaban J connectivity index is 1.09. The Morgan fingerprint density at radius 3 is 0.892 bits per heavy atom. The second-order valence-corrected chi connectivity index (χ2v) is 20.0. The summed E-state index contributed by atoms with van der Waals surface area (Å²) >= 11 is 0. The van der Waals surface area contributed by atoms with Crippen LogP contribution in [0.3, 0.4) is 0 Å². The first-order valence-electron chi connectivity index (χ1n) is 27.3. The molecule has 1 aliphatic carbocycles. The standard InChI is InChI=1S/C60H64N12O11/c61-69-65-32-48-53(74-34-40-19-7-1-8-20-40)55(76-36-42-23-11-3-12-24-42)57(78-38-44-27-15-5-16-28-44)59(80-48)82-51-46(67-71-63)31-47(68-72-64)52(50(51)73)83-60-58(79-39-45-29-17-6-18-30-45)56(77-37-43-25-13-4-14-26-43)54(49(81-60)33-66-70-62)75-35-41-21-9-2-10-22-41/h1-30,46-60,73H,31-39H2/t46-,47+,48-,49-,50?,51+,52-,53-,54-,55+,56+,57-,58-,59-,60-/m1/s1. The van der Waals surface area contributed by atoms with E-state index in [4.69, 9.17) is 47.4 Å². The lowest BCUT2D eigenvalue weighted by atomic mass is 9.84. The molecule has 83 heavy (non-hydrogen) atoms. The van der Waals surface area contributed by atoms with Crippen LogP contribution < -0.4 is 0 Å². The molecule has 0 spiro atoms. The van der Waals surface area contributed by atoms with E-state index in [1.165, 1.54) is 0 Å². The molecule has 6 aromatic rings. The molecule has 0 radical (unpaired) electrons. The van der Waals surface area contributed by atoms with Crippen molar-refractivity contribution < 1.29 is 52.5 Å². The molecular weight excluding hydrogens is 1060 g/mol. The van der Waals surface area contributed by atoms with E-state index in [1.54, 1.807) is 0 Å². The van der Waals surface area contributed by atoms with Crippen LogP contribution in [0.4, 0.5) is 0 Å². The van der Waals surface area contributed by atoms with Crippen molar-refractivity contribution in [3.63, 3.8) is 0 Å². The van der Waals surface area contributed by atoms with Crippen LogP contribution in [0.5, 0.6) is 0 Å². The molecule has 23 heteroatoms. The van der Waals surface area contributed by atoms with Crippen LogP contribution in [0.2, 0.25) is 0 Å². The van der Waals surface area contributed by atoms with Crippen LogP contribution in [0, 0.1) is 0 Å². The van der Waals surface area contributed by atoms with E-state index in [0.29, 0.717) is 0 Å². The van der Waals surface area contributed by atoms with Crippen molar-refractivity contribution in [1.29, 1.82) is 0 Å². The fourth-order valence-electron chi connectivity index (χ4n) is 10.4. The zero-order valence-corrected chi connectivity index (χ0v) is 45.2. The third-order valence-corrected chi connectivity index (χ3v) is 14.4. The van der Waals surface area contributed by atoms with Crippen molar-refractivity contribution in [2.45, 2.75) is 138 Å². The van der Waals surface area contributed by atoms with Crippen molar-refractivity contribution in [3.05, 3.63) is 257 Å². The van der Waals surface area contributed by atoms with Gasteiger partial charge >= 0.3 is 0 Å². The fraction of sp³-hybridized carbons (Fsp3) is 0.400. The highest BCUT2D eigenvalue weighted by Gasteiger charge is 2.55. The molecule has 1 unspecified atom stereocenters. The minimum atomic E-state index is -1.79. The summed E-state index contributed by atoms with van der Waals surface area (Å²) in [6.45, 7) is -0.00630. The Kier molecular flexibility index (Phi) is 22.7. The van der Waals surface area contributed by atoms with Crippen molar-refractivity contribution in [3.8, 4) is 0 Å². The average molecular weight is 1130 g/mol. The SMILES string of the molecule is [N-]=[N+]=NC[C@H]1O[C@H](O[C@H]2C(O)[C@@H](O[C@H]3O[C@H](CN=[N+]=[N-])[C@@H](OCc4ccccc4)[C@H](OCc4ccccc4)[C@H]3OCc3ccccc3)[C@H](N=[N+]=[N-])C[C@@H]2N=[N+]=[N-])[C@H](OCc2ccccc2)[C@@H](OCc2ccccc2)[C@@H]1OCc1ccccc1. The first-order valence-corrected chi connectivity index (χ1v) is 27.3. The minimum Gasteiger partial charge on any atom is -0.388 e. The third-order valence-electron chi connectivity index (χ3n) is 14.4. The summed E-state index contributed by atoms with van der Waals surface area (Å²) in [6, 6.07) is 54.4. The van der Waals surface area contributed by atoms with Crippen LogP contribution in [-0.4, -0.2) is 110 Å². The highest BCUT2D eigenvalue weighted by molar-refractivity contribution is 5.19. The average Bonchev–Trinajstić information content (AvgIpc) is 3.72. The number of benzene rings is 6. The monoisotopic (exact) mass is 1130 g/mol. The molecule has 9 rings (SSSR count). The predicted molar refractivity (Wildman–Crippen MR) is 302 cm³/mol. The van der Waals surface area contributed by atoms with E-state index >= 15 is 0 Å². The molecule has 0 bridgehead atoms. The molecule has 2 saturated heterocycles. The lowest BCUT2D eigenvalue weighted by Gasteiger charge is -2.50. The molecule has 1 saturated carbocycles. The molecule has 2 heterocycles. The summed E-state index contributed by atoms with van der Waals surface area (Å²) in [4.78, 5) is 12.4. The van der Waals surface area contributed by atoms with Gasteiger partial charge in [-0.1, -0.05) is 202 Å². The normalized spacial score (nSPS) is 27.6. The van der Waals surface area contributed by atoms with E-state index in [2.05, 4.69) is 40.1 Å². The smallest absolute Gasteiger partial charge is 0.187 e. The van der Waals surface area contributed by atoms with Crippen LogP contribution in [0.15, 0.2) is 202 Å². The third kappa shape index (κ3) is 16.7. The van der Waals surface area contributed by atoms with Gasteiger partial charge in [-0.05, 0) is 61.9 Å². The fourth-order valence-corrected chi connectivity index (χ4v) is 10.4. The van der Waals surface area contributed by atoms with Crippen molar-refractivity contribution in [1.82, 2.24) is 0 Å². The number of hydrogen-bond acceptors (Lipinski definition) is 15. The lowest BCUT2D eigenvalue weighted by molar-refractivity contribution is -0.354. The molecule has 2 aliphatic heterocycles. The summed E-state index contributed by atoms with van der Waals surface area (Å²) in [6.07, 6.45) is -16.1. The van der Waals surface area contributed by atoms with Gasteiger partial charge in [0, 0.05) is 19.6 Å². The van der Waals surface area contributed by atoms with Gasteiger partial charge in [0.1, 0.15) is 42.7 Å². The van der Waals surface area contributed by atoms with Crippen LogP contribution in [0.1, 0.15) is 39.8 Å². The summed E-state index contributed by atoms with van der Waals surface area (Å²) < 4.78 is 68.1. The summed E-state index contributed by atoms with van der Waals surface area (Å²) in [5.74, 6) is 0. The second kappa shape index (κ2) is 31.5. The van der Waals surface area contributed by atoms with E-state index in [-0.39, 0.29) is 59.2 Å². The Bertz CT molecular complexity index is 2890. The van der Waals surface area contributed by atoms with Crippen molar-refractivity contribution in [2.24, 2.45) is 20.5 Å². The first-order chi connectivity index (χ1) is 40.9. The van der Waals surface area contributed by atoms with Gasteiger partial charge in [-0.15, -0.1) is 0 Å². The van der Waals surface area contributed by atoms with Crippen LogP contribution in [0.25, 0.3) is 41.8 Å². The topological polar surface area (TPSA) is 308 Å². The molecule has 23 nitrogen and oxygen atoms in total. The highest BCUT2D eigenvalue weighted by atomic mass is 16.7. The number of ether oxygens (including phenoxy) is 10. The summed E-state index contributed by atoms with van der Waals surface area (Å²) in [5.41, 5.74) is 44.6. The minimum absolute atomic E-state index is 0.0357. The Morgan fingerprint density at radius 1 is 0.361 bits per heavy atom. The van der Waals surface area contributed by atoms with Crippen LogP contribution >= 0.6 is 0 Å². The molecule has 3 fully saturated rings. The van der Waals surface area contributed by atoms with Gasteiger partial charge in [-0.2, -0.15) is 0 Å². The van der Waals surface area contributed by atoms with E-state index < -0.39 is 91.8 Å². The largest absolute Gasteiger partial charge is 0.388 e. The van der Waals surface area contributed by atoms with Gasteiger partial charge in [0.25, 0.3) is 0 Å². The van der Waals surface area contributed by atoms with Gasteiger partial charge in [0.05, 0.1) is 89.2 Å². The molecule has 6 aromatic carbocycles. The lowest BCUT2D eigenvalue weighted by Crippen LogP contribution is -2.66. The zero-order valence-electron chi connectivity index (χ0n) is 45.2. The molecule has 0 aromatic heterocycles. The molecule has 430 valence electrons. The van der Waals surface area contributed by atoms with Gasteiger partial charge in [0.2, 0.25) is 0 Å². The molecule has 15 atom stereocenters. The van der Waals surface area contributed by atoms with E-state index in [1.807, 2.05) is 182 Å². The number of hydrogen-bond donors (Lipinski definition) is 1. The number of azide groups is 4.